The van der Waals surface area contributed by atoms with Crippen LogP contribution in [0.25, 0.3) is 0 Å². The Morgan fingerprint density at radius 2 is 1.94 bits per heavy atom. The van der Waals surface area contributed by atoms with Crippen molar-refractivity contribution in [1.82, 2.24) is 4.98 Å². The normalized spacial score (nSPS) is 11.0. The van der Waals surface area contributed by atoms with Crippen LogP contribution >= 0.6 is 0 Å². The van der Waals surface area contributed by atoms with Gasteiger partial charge < -0.3 is 5.73 Å². The van der Waals surface area contributed by atoms with E-state index in [9.17, 15) is 4.79 Å². The third-order valence-electron chi connectivity index (χ3n) is 3.11. The average Bonchev–Trinajstić information content (AvgIpc) is 2.33. The summed E-state index contributed by atoms with van der Waals surface area (Å²) in [6, 6.07) is 3.67. The van der Waals surface area contributed by atoms with Crippen molar-refractivity contribution < 1.29 is 4.79 Å². The Kier molecular flexibility index (Phi) is 5.13. The zero-order valence-corrected chi connectivity index (χ0v) is 11.7. The predicted octanol–water partition coefficient (Wildman–Crippen LogP) is 2.84. The molecule has 100 valence electrons. The molecule has 0 bridgehead atoms. The van der Waals surface area contributed by atoms with Crippen molar-refractivity contribution in [2.45, 2.75) is 46.6 Å². The van der Waals surface area contributed by atoms with Gasteiger partial charge >= 0.3 is 0 Å². The lowest BCUT2D eigenvalue weighted by Crippen LogP contribution is -2.41. The molecule has 0 aliphatic rings. The van der Waals surface area contributed by atoms with Crippen LogP contribution in [0.3, 0.4) is 0 Å². The van der Waals surface area contributed by atoms with Gasteiger partial charge in [0, 0.05) is 12.0 Å². The topological polar surface area (TPSA) is 59.2 Å². The molecule has 0 fully saturated rings. The van der Waals surface area contributed by atoms with E-state index in [-0.39, 0.29) is 17.9 Å². The van der Waals surface area contributed by atoms with Gasteiger partial charge in [-0.1, -0.05) is 13.8 Å². The van der Waals surface area contributed by atoms with Gasteiger partial charge in [-0.25, -0.2) is 4.98 Å². The number of hydrogen-bond acceptors (Lipinski definition) is 3. The zero-order valence-electron chi connectivity index (χ0n) is 11.7. The Hall–Kier alpha value is -1.58. The zero-order chi connectivity index (χ0) is 13.7. The van der Waals surface area contributed by atoms with Crippen molar-refractivity contribution >= 4 is 17.4 Å². The van der Waals surface area contributed by atoms with Gasteiger partial charge in [-0.05, 0) is 38.8 Å². The minimum absolute atomic E-state index is 0.0618. The number of hydrogen-bond donors (Lipinski definition) is 1. The summed E-state index contributed by atoms with van der Waals surface area (Å²) in [5.41, 5.74) is 6.23. The molecule has 0 saturated carbocycles. The molecule has 0 atom stereocenters. The maximum Gasteiger partial charge on any atom is 0.231 e. The van der Waals surface area contributed by atoms with Crippen LogP contribution in [0, 0.1) is 5.92 Å². The van der Waals surface area contributed by atoms with Gasteiger partial charge in [-0.2, -0.15) is 0 Å². The predicted molar refractivity (Wildman–Crippen MR) is 75.3 cm³/mol. The van der Waals surface area contributed by atoms with Crippen LogP contribution in [-0.2, 0) is 4.79 Å². The van der Waals surface area contributed by atoms with E-state index >= 15 is 0 Å². The summed E-state index contributed by atoms with van der Waals surface area (Å²) in [5.74, 6) is 0.884. The second-order valence-electron chi connectivity index (χ2n) is 4.77. The molecular formula is C14H23N3O. The Bertz CT molecular complexity index is 383. The summed E-state index contributed by atoms with van der Waals surface area (Å²) in [7, 11) is 0. The summed E-state index contributed by atoms with van der Waals surface area (Å²) in [5, 5.41) is 0. The molecule has 1 amide bonds. The molecule has 0 radical (unpaired) electrons. The molecule has 0 unspecified atom stereocenters. The molecule has 1 aromatic rings. The van der Waals surface area contributed by atoms with Gasteiger partial charge in [0.25, 0.3) is 0 Å². The van der Waals surface area contributed by atoms with Crippen LogP contribution in [-0.4, -0.2) is 16.9 Å². The fourth-order valence-electron chi connectivity index (χ4n) is 2.01. The van der Waals surface area contributed by atoms with Crippen molar-refractivity contribution in [3.05, 3.63) is 18.3 Å². The minimum atomic E-state index is 0.0618. The Balaban J connectivity index is 3.02. The van der Waals surface area contributed by atoms with Crippen LogP contribution in [0.1, 0.15) is 40.5 Å². The van der Waals surface area contributed by atoms with E-state index < -0.39 is 0 Å². The smallest absolute Gasteiger partial charge is 0.231 e. The van der Waals surface area contributed by atoms with E-state index in [1.54, 1.807) is 23.2 Å². The standard InChI is InChI=1S/C14H23N3O/c1-5-11(6-2)14(18)17(10(3)4)13-8-7-12(15)9-16-13/h7-11H,5-6,15H2,1-4H3. The molecule has 0 aromatic carbocycles. The minimum Gasteiger partial charge on any atom is -0.397 e. The highest BCUT2D eigenvalue weighted by Crippen LogP contribution is 2.21. The molecule has 18 heavy (non-hydrogen) atoms. The van der Waals surface area contributed by atoms with Crippen molar-refractivity contribution in [3.8, 4) is 0 Å². The summed E-state index contributed by atoms with van der Waals surface area (Å²) in [4.78, 5) is 18.5. The maximum absolute atomic E-state index is 12.5. The Morgan fingerprint density at radius 3 is 2.33 bits per heavy atom. The molecule has 1 heterocycles. The number of anilines is 2. The highest BCUT2D eigenvalue weighted by molar-refractivity contribution is 5.94. The second-order valence-corrected chi connectivity index (χ2v) is 4.77. The van der Waals surface area contributed by atoms with E-state index in [4.69, 9.17) is 5.73 Å². The number of carbonyl (C=O) groups is 1. The highest BCUT2D eigenvalue weighted by Gasteiger charge is 2.25. The molecule has 0 spiro atoms. The van der Waals surface area contributed by atoms with Gasteiger partial charge in [0.1, 0.15) is 5.82 Å². The molecule has 2 N–H and O–H groups in total. The van der Waals surface area contributed by atoms with E-state index in [1.165, 1.54) is 0 Å². The van der Waals surface area contributed by atoms with Crippen molar-refractivity contribution in [1.29, 1.82) is 0 Å². The monoisotopic (exact) mass is 249 g/mol. The van der Waals surface area contributed by atoms with Crippen LogP contribution in [0.2, 0.25) is 0 Å². The lowest BCUT2D eigenvalue weighted by atomic mass is 10.0. The van der Waals surface area contributed by atoms with Crippen molar-refractivity contribution in [3.63, 3.8) is 0 Å². The second kappa shape index (κ2) is 6.38. The average molecular weight is 249 g/mol. The Morgan fingerprint density at radius 1 is 1.33 bits per heavy atom. The first-order valence-electron chi connectivity index (χ1n) is 6.55. The summed E-state index contributed by atoms with van der Waals surface area (Å²) in [6.45, 7) is 8.08. The third kappa shape index (κ3) is 3.22. The maximum atomic E-state index is 12.5. The first-order chi connectivity index (χ1) is 8.51. The Labute approximate surface area is 109 Å². The van der Waals surface area contributed by atoms with Gasteiger partial charge in [-0.3, -0.25) is 9.69 Å². The summed E-state index contributed by atoms with van der Waals surface area (Å²) >= 11 is 0. The molecule has 4 heteroatoms. The van der Waals surface area contributed by atoms with Gasteiger partial charge in [0.05, 0.1) is 11.9 Å². The fraction of sp³-hybridized carbons (Fsp3) is 0.571. The third-order valence-corrected chi connectivity index (χ3v) is 3.11. The first-order valence-corrected chi connectivity index (χ1v) is 6.55. The van der Waals surface area contributed by atoms with Crippen LogP contribution in [0.15, 0.2) is 18.3 Å². The summed E-state index contributed by atoms with van der Waals surface area (Å²) in [6.07, 6.45) is 3.30. The number of nitrogens with zero attached hydrogens (tertiary/aromatic N) is 2. The first kappa shape index (κ1) is 14.5. The number of aromatic nitrogens is 1. The summed E-state index contributed by atoms with van der Waals surface area (Å²) < 4.78 is 0. The van der Waals surface area contributed by atoms with Crippen molar-refractivity contribution in [2.75, 3.05) is 10.6 Å². The van der Waals surface area contributed by atoms with Crippen LogP contribution < -0.4 is 10.6 Å². The highest BCUT2D eigenvalue weighted by atomic mass is 16.2. The fourth-order valence-corrected chi connectivity index (χ4v) is 2.01. The number of amides is 1. The lowest BCUT2D eigenvalue weighted by molar-refractivity contribution is -0.123. The van der Waals surface area contributed by atoms with E-state index in [2.05, 4.69) is 4.98 Å². The number of rotatable bonds is 5. The number of nitrogens with two attached hydrogens (primary N) is 1. The van der Waals surface area contributed by atoms with E-state index in [1.807, 2.05) is 27.7 Å². The van der Waals surface area contributed by atoms with E-state index in [0.717, 1.165) is 12.8 Å². The van der Waals surface area contributed by atoms with Gasteiger partial charge in [-0.15, -0.1) is 0 Å². The molecule has 1 rings (SSSR count). The van der Waals surface area contributed by atoms with Gasteiger partial charge in [0.15, 0.2) is 0 Å². The SMILES string of the molecule is CCC(CC)C(=O)N(c1ccc(N)cn1)C(C)C. The molecule has 1 aromatic heterocycles. The molecule has 0 aliphatic heterocycles. The van der Waals surface area contributed by atoms with Crippen LogP contribution in [0.5, 0.6) is 0 Å². The number of nitrogen functional groups attached to an aromatic ring is 1. The lowest BCUT2D eigenvalue weighted by Gasteiger charge is -2.29. The number of pyridine rings is 1. The number of carbonyl (C=O) groups excluding carboxylic acids is 1. The van der Waals surface area contributed by atoms with E-state index in [0.29, 0.717) is 11.5 Å². The molecule has 0 saturated heterocycles. The van der Waals surface area contributed by atoms with Crippen LogP contribution in [0.4, 0.5) is 11.5 Å². The molecular weight excluding hydrogens is 226 g/mol. The molecule has 0 aliphatic carbocycles. The quantitative estimate of drug-likeness (QED) is 0.873. The van der Waals surface area contributed by atoms with Gasteiger partial charge in [0.2, 0.25) is 5.91 Å². The molecule has 4 nitrogen and oxygen atoms in total. The van der Waals surface area contributed by atoms with Crippen molar-refractivity contribution in [2.24, 2.45) is 5.92 Å². The largest absolute Gasteiger partial charge is 0.397 e.